The highest BCUT2D eigenvalue weighted by molar-refractivity contribution is 4.53. The van der Waals surface area contributed by atoms with E-state index in [1.54, 1.807) is 0 Å². The molecule has 54 valence electrons. The number of hydrogen-bond acceptors (Lipinski definition) is 3. The Bertz CT molecular complexity index is 88.9. The van der Waals surface area contributed by atoms with E-state index in [9.17, 15) is 0 Å². The van der Waals surface area contributed by atoms with E-state index in [4.69, 9.17) is 21.0 Å². The van der Waals surface area contributed by atoms with E-state index in [2.05, 4.69) is 10.2 Å². The molecule has 0 saturated heterocycles. The first-order valence-corrected chi connectivity index (χ1v) is 3.07. The van der Waals surface area contributed by atoms with Gasteiger partial charge in [0.15, 0.2) is 0 Å². The Morgan fingerprint density at radius 2 is 1.90 bits per heavy atom. The quantitative estimate of drug-likeness (QED) is 0.317. The molecule has 0 saturated carbocycles. The van der Waals surface area contributed by atoms with E-state index in [0.717, 1.165) is 11.3 Å². The Morgan fingerprint density at radius 1 is 1.20 bits per heavy atom. The van der Waals surface area contributed by atoms with Crippen LogP contribution < -0.4 is 0 Å². The molecular formula is C7H11N3. The fraction of sp³-hybridized carbons (Fsp3) is 0.571. The second-order valence-electron chi connectivity index (χ2n) is 1.78. The lowest BCUT2D eigenvalue weighted by Gasteiger charge is -2.04. The van der Waals surface area contributed by atoms with Crippen LogP contribution in [0.2, 0.25) is 0 Å². The molecule has 3 heteroatoms. The Morgan fingerprint density at radius 3 is 2.40 bits per heavy atom. The van der Waals surface area contributed by atoms with Gasteiger partial charge in [0.1, 0.15) is 0 Å². The van der Waals surface area contributed by atoms with Gasteiger partial charge in [-0.05, 0) is 13.3 Å². The van der Waals surface area contributed by atoms with Gasteiger partial charge in [-0.1, -0.05) is 0 Å². The van der Waals surface area contributed by atoms with E-state index in [0.29, 0.717) is 13.1 Å². The van der Waals surface area contributed by atoms with E-state index in [-0.39, 0.29) is 6.54 Å². The number of hydrogen-bond donors (Lipinski definition) is 0. The highest BCUT2D eigenvalue weighted by atomic mass is 15.1. The van der Waals surface area contributed by atoms with Crippen molar-refractivity contribution in [2.45, 2.75) is 6.42 Å². The zero-order chi connectivity index (χ0) is 7.82. The molecule has 0 bridgehead atoms. The molecule has 6 radical (unpaired) electrons. The first-order chi connectivity index (χ1) is 4.77. The molecule has 3 nitrogen and oxygen atoms in total. The predicted molar refractivity (Wildman–Crippen MR) is 38.8 cm³/mol. The van der Waals surface area contributed by atoms with Gasteiger partial charge in [-0.3, -0.25) is 4.90 Å². The SMILES string of the molecule is [CH]CN=NCCCN([CH])[CH]. The summed E-state index contributed by atoms with van der Waals surface area (Å²) in [6.07, 6.45) is 0.802. The number of azo groups is 1. The van der Waals surface area contributed by atoms with Crippen LogP contribution in [-0.4, -0.2) is 24.5 Å². The Hall–Kier alpha value is -0.440. The summed E-state index contributed by atoms with van der Waals surface area (Å²) < 4.78 is 0. The fourth-order valence-corrected chi connectivity index (χ4v) is 0.452. The van der Waals surface area contributed by atoms with Gasteiger partial charge in [0.25, 0.3) is 0 Å². The summed E-state index contributed by atoms with van der Waals surface area (Å²) in [4.78, 5) is 1.12. The molecule has 0 aliphatic rings. The molecule has 0 aromatic carbocycles. The molecule has 0 spiro atoms. The summed E-state index contributed by atoms with van der Waals surface area (Å²) >= 11 is 0. The van der Waals surface area contributed by atoms with Crippen LogP contribution in [-0.2, 0) is 0 Å². The molecule has 0 rings (SSSR count). The summed E-state index contributed by atoms with van der Waals surface area (Å²) in [5.41, 5.74) is 0. The topological polar surface area (TPSA) is 28.0 Å². The summed E-state index contributed by atoms with van der Waals surface area (Å²) in [6, 6.07) is 0. The molecule has 10 heavy (non-hydrogen) atoms. The van der Waals surface area contributed by atoms with Gasteiger partial charge in [-0.2, -0.15) is 10.2 Å². The van der Waals surface area contributed by atoms with Crippen molar-refractivity contribution in [1.82, 2.24) is 4.90 Å². The second kappa shape index (κ2) is 6.68. The van der Waals surface area contributed by atoms with Crippen LogP contribution in [0.4, 0.5) is 0 Å². The summed E-state index contributed by atoms with van der Waals surface area (Å²) in [6.45, 7) is 6.54. The highest BCUT2D eigenvalue weighted by Crippen LogP contribution is 1.87. The predicted octanol–water partition coefficient (Wildman–Crippen LogP) is 1.18. The minimum atomic E-state index is 0.245. The van der Waals surface area contributed by atoms with Crippen molar-refractivity contribution in [2.75, 3.05) is 19.6 Å². The molecule has 0 fully saturated rings. The zero-order valence-electron chi connectivity index (χ0n) is 5.90. The molecule has 0 aromatic heterocycles. The second-order valence-corrected chi connectivity index (χ2v) is 1.78. The zero-order valence-corrected chi connectivity index (χ0v) is 5.90. The first kappa shape index (κ1) is 9.56. The minimum absolute atomic E-state index is 0.245. The van der Waals surface area contributed by atoms with E-state index in [1.165, 1.54) is 0 Å². The van der Waals surface area contributed by atoms with Crippen molar-refractivity contribution in [3.05, 3.63) is 21.0 Å². The fourth-order valence-electron chi connectivity index (χ4n) is 0.452. The van der Waals surface area contributed by atoms with E-state index < -0.39 is 0 Å². The van der Waals surface area contributed by atoms with Crippen molar-refractivity contribution in [2.24, 2.45) is 10.2 Å². The van der Waals surface area contributed by atoms with Crippen LogP contribution >= 0.6 is 0 Å². The standard InChI is InChI=1S/C7H11N3/c1-4-8-9-6-5-7-10(2)3/h1-3H,4-7H2. The lowest BCUT2D eigenvalue weighted by Crippen LogP contribution is -2.08. The maximum Gasteiger partial charge on any atom is 0.0634 e. The summed E-state index contributed by atoms with van der Waals surface area (Å²) in [5.74, 6) is 0. The third-order valence-corrected chi connectivity index (χ3v) is 0.856. The van der Waals surface area contributed by atoms with Crippen molar-refractivity contribution in [3.8, 4) is 0 Å². The number of nitrogens with zero attached hydrogens (tertiary/aromatic N) is 3. The Balaban J connectivity index is 2.97. The smallest absolute Gasteiger partial charge is 0.0634 e. The summed E-state index contributed by atoms with van der Waals surface area (Å²) in [7, 11) is 10.2. The largest absolute Gasteiger partial charge is 0.291 e. The van der Waals surface area contributed by atoms with Gasteiger partial charge < -0.3 is 0 Å². The highest BCUT2D eigenvalue weighted by Gasteiger charge is 1.88. The van der Waals surface area contributed by atoms with Crippen molar-refractivity contribution >= 4 is 0 Å². The number of rotatable bonds is 5. The molecular weight excluding hydrogens is 126 g/mol. The molecule has 0 atom stereocenters. The average Bonchev–Trinajstić information content (AvgIpc) is 1.87. The Kier molecular flexibility index (Phi) is 6.38. The normalized spacial score (nSPS) is 11.6. The van der Waals surface area contributed by atoms with Crippen molar-refractivity contribution in [3.63, 3.8) is 0 Å². The van der Waals surface area contributed by atoms with Gasteiger partial charge >= 0.3 is 0 Å². The minimum Gasteiger partial charge on any atom is -0.291 e. The summed E-state index contributed by atoms with van der Waals surface area (Å²) in [5, 5.41) is 7.30. The monoisotopic (exact) mass is 137 g/mol. The van der Waals surface area contributed by atoms with Crippen LogP contribution in [0.1, 0.15) is 6.42 Å². The lowest BCUT2D eigenvalue weighted by molar-refractivity contribution is 0.479. The van der Waals surface area contributed by atoms with Crippen molar-refractivity contribution < 1.29 is 0 Å². The van der Waals surface area contributed by atoms with Crippen LogP contribution in [0.25, 0.3) is 0 Å². The molecule has 0 aliphatic heterocycles. The maximum atomic E-state index is 5.12. The molecule has 0 N–H and O–H groups in total. The van der Waals surface area contributed by atoms with E-state index >= 15 is 0 Å². The first-order valence-electron chi connectivity index (χ1n) is 3.07. The molecule has 0 aliphatic carbocycles. The van der Waals surface area contributed by atoms with Gasteiger partial charge in [0, 0.05) is 20.6 Å². The van der Waals surface area contributed by atoms with E-state index in [1.807, 2.05) is 0 Å². The van der Waals surface area contributed by atoms with Crippen LogP contribution in [0.15, 0.2) is 10.2 Å². The molecule has 0 aromatic rings. The average molecular weight is 137 g/mol. The van der Waals surface area contributed by atoms with Crippen LogP contribution in [0.3, 0.4) is 0 Å². The molecule has 0 unspecified atom stereocenters. The van der Waals surface area contributed by atoms with Crippen molar-refractivity contribution in [1.29, 1.82) is 0 Å². The Labute approximate surface area is 63.1 Å². The van der Waals surface area contributed by atoms with Gasteiger partial charge in [-0.25, -0.2) is 0 Å². The third kappa shape index (κ3) is 7.56. The van der Waals surface area contributed by atoms with Gasteiger partial charge in [0.05, 0.1) is 13.1 Å². The third-order valence-electron chi connectivity index (χ3n) is 0.856. The molecule has 0 heterocycles. The maximum absolute atomic E-state index is 5.12. The van der Waals surface area contributed by atoms with Crippen LogP contribution in [0.5, 0.6) is 0 Å². The lowest BCUT2D eigenvalue weighted by atomic mass is 10.4. The molecule has 0 amide bonds. The van der Waals surface area contributed by atoms with Gasteiger partial charge in [0.2, 0.25) is 0 Å². The van der Waals surface area contributed by atoms with Gasteiger partial charge in [-0.15, -0.1) is 0 Å². The van der Waals surface area contributed by atoms with Crippen LogP contribution in [0, 0.1) is 21.0 Å².